The Bertz CT molecular complexity index is 699. The number of benzene rings is 1. The lowest BCUT2D eigenvalue weighted by atomic mass is 9.99. The van der Waals surface area contributed by atoms with Gasteiger partial charge in [-0.05, 0) is 49.9 Å². The van der Waals surface area contributed by atoms with E-state index in [1.165, 1.54) is 0 Å². The summed E-state index contributed by atoms with van der Waals surface area (Å²) >= 11 is 0. The maximum absolute atomic E-state index is 12.9. The van der Waals surface area contributed by atoms with Gasteiger partial charge >= 0.3 is 0 Å². The molecule has 1 aliphatic heterocycles. The smallest absolute Gasteiger partial charge is 0.254 e. The lowest BCUT2D eigenvalue weighted by Crippen LogP contribution is -2.47. The molecule has 2 N–H and O–H groups in total. The summed E-state index contributed by atoms with van der Waals surface area (Å²) in [6.45, 7) is 3.37. The van der Waals surface area contributed by atoms with E-state index in [4.69, 9.17) is 5.73 Å². The highest BCUT2D eigenvalue weighted by molar-refractivity contribution is 5.95. The Balaban J connectivity index is 1.90. The van der Waals surface area contributed by atoms with Crippen LogP contribution in [0.3, 0.4) is 0 Å². The van der Waals surface area contributed by atoms with E-state index in [2.05, 4.69) is 4.98 Å². The van der Waals surface area contributed by atoms with Gasteiger partial charge in [0.2, 0.25) is 0 Å². The molecule has 1 saturated heterocycles. The Labute approximate surface area is 137 Å². The number of likely N-dealkylation sites (tertiary alicyclic amines) is 1. The van der Waals surface area contributed by atoms with Crippen molar-refractivity contribution in [2.45, 2.75) is 32.2 Å². The monoisotopic (exact) mass is 309 g/mol. The molecule has 0 bridgehead atoms. The Kier molecular flexibility index (Phi) is 4.72. The van der Waals surface area contributed by atoms with Crippen LogP contribution in [0.15, 0.2) is 42.6 Å². The van der Waals surface area contributed by atoms with Gasteiger partial charge < -0.3 is 10.6 Å². The van der Waals surface area contributed by atoms with Gasteiger partial charge in [-0.3, -0.25) is 9.78 Å². The van der Waals surface area contributed by atoms with E-state index in [0.717, 1.165) is 42.6 Å². The van der Waals surface area contributed by atoms with E-state index in [-0.39, 0.29) is 11.9 Å². The highest BCUT2D eigenvalue weighted by Gasteiger charge is 2.26. The molecule has 23 heavy (non-hydrogen) atoms. The standard InChI is InChI=1S/C19H23N3O/c1-14-6-5-10-21-18(14)15-7-4-8-16(12-15)19(23)22-11-3-2-9-17(22)13-20/h4-8,10,12,17H,2-3,9,11,13,20H2,1H3/t17-/m0/s1. The first-order chi connectivity index (χ1) is 11.2. The maximum Gasteiger partial charge on any atom is 0.254 e. The molecule has 1 atom stereocenters. The van der Waals surface area contributed by atoms with E-state index in [1.807, 2.05) is 48.2 Å². The van der Waals surface area contributed by atoms with Gasteiger partial charge in [-0.15, -0.1) is 0 Å². The number of nitrogens with zero attached hydrogens (tertiary/aromatic N) is 2. The third kappa shape index (κ3) is 3.27. The Morgan fingerprint density at radius 3 is 2.96 bits per heavy atom. The van der Waals surface area contributed by atoms with Gasteiger partial charge in [-0.1, -0.05) is 18.2 Å². The summed E-state index contributed by atoms with van der Waals surface area (Å²) in [6, 6.07) is 11.9. The van der Waals surface area contributed by atoms with Gasteiger partial charge in [0.25, 0.3) is 5.91 Å². The molecule has 2 aromatic rings. The minimum absolute atomic E-state index is 0.0792. The van der Waals surface area contributed by atoms with Gasteiger partial charge in [0, 0.05) is 36.5 Å². The van der Waals surface area contributed by atoms with Crippen LogP contribution in [0.25, 0.3) is 11.3 Å². The summed E-state index contributed by atoms with van der Waals surface area (Å²) in [5, 5.41) is 0. The van der Waals surface area contributed by atoms with Gasteiger partial charge in [0.1, 0.15) is 0 Å². The fraction of sp³-hybridized carbons (Fsp3) is 0.368. The molecule has 3 rings (SSSR count). The molecule has 1 fully saturated rings. The second kappa shape index (κ2) is 6.92. The average molecular weight is 309 g/mol. The van der Waals surface area contributed by atoms with Crippen molar-refractivity contribution in [3.63, 3.8) is 0 Å². The zero-order valence-corrected chi connectivity index (χ0v) is 13.5. The van der Waals surface area contributed by atoms with Crippen LogP contribution in [0.4, 0.5) is 0 Å². The normalized spacial score (nSPS) is 18.0. The largest absolute Gasteiger partial charge is 0.334 e. The first-order valence-corrected chi connectivity index (χ1v) is 8.24. The number of hydrogen-bond donors (Lipinski definition) is 1. The summed E-state index contributed by atoms with van der Waals surface area (Å²) in [7, 11) is 0. The number of amides is 1. The predicted molar refractivity (Wildman–Crippen MR) is 92.1 cm³/mol. The van der Waals surface area contributed by atoms with Crippen molar-refractivity contribution in [3.05, 3.63) is 53.7 Å². The molecule has 1 aliphatic rings. The van der Waals surface area contributed by atoms with E-state index < -0.39 is 0 Å². The number of aryl methyl sites for hydroxylation is 1. The van der Waals surface area contributed by atoms with Crippen molar-refractivity contribution in [2.24, 2.45) is 5.73 Å². The predicted octanol–water partition coefficient (Wildman–Crippen LogP) is 3.01. The second-order valence-electron chi connectivity index (χ2n) is 6.13. The SMILES string of the molecule is Cc1cccnc1-c1cccc(C(=O)N2CCCC[C@H]2CN)c1. The van der Waals surface area contributed by atoms with Crippen LogP contribution in [0.5, 0.6) is 0 Å². The van der Waals surface area contributed by atoms with Crippen molar-refractivity contribution in [2.75, 3.05) is 13.1 Å². The minimum atomic E-state index is 0.0792. The van der Waals surface area contributed by atoms with E-state index in [0.29, 0.717) is 12.1 Å². The molecule has 0 unspecified atom stereocenters. The summed E-state index contributed by atoms with van der Waals surface area (Å²) in [6.07, 6.45) is 4.99. The molecule has 0 spiro atoms. The molecule has 1 amide bonds. The minimum Gasteiger partial charge on any atom is -0.334 e. The van der Waals surface area contributed by atoms with Crippen LogP contribution in [-0.2, 0) is 0 Å². The number of hydrogen-bond acceptors (Lipinski definition) is 3. The lowest BCUT2D eigenvalue weighted by Gasteiger charge is -2.35. The molecule has 1 aromatic carbocycles. The van der Waals surface area contributed by atoms with Gasteiger partial charge in [0.05, 0.1) is 5.69 Å². The summed E-state index contributed by atoms with van der Waals surface area (Å²) < 4.78 is 0. The van der Waals surface area contributed by atoms with E-state index >= 15 is 0 Å². The fourth-order valence-electron chi connectivity index (χ4n) is 3.27. The number of nitrogens with two attached hydrogens (primary N) is 1. The van der Waals surface area contributed by atoms with Crippen molar-refractivity contribution in [3.8, 4) is 11.3 Å². The first kappa shape index (κ1) is 15.7. The van der Waals surface area contributed by atoms with E-state index in [1.54, 1.807) is 6.20 Å². The topological polar surface area (TPSA) is 59.2 Å². The van der Waals surface area contributed by atoms with Gasteiger partial charge in [-0.2, -0.15) is 0 Å². The molecule has 4 nitrogen and oxygen atoms in total. The van der Waals surface area contributed by atoms with E-state index in [9.17, 15) is 4.79 Å². The quantitative estimate of drug-likeness (QED) is 0.948. The number of piperidine rings is 1. The molecule has 1 aromatic heterocycles. The Hall–Kier alpha value is -2.20. The molecule has 4 heteroatoms. The van der Waals surface area contributed by atoms with Crippen molar-refractivity contribution in [1.29, 1.82) is 0 Å². The Morgan fingerprint density at radius 2 is 2.17 bits per heavy atom. The third-order valence-corrected chi connectivity index (χ3v) is 4.55. The highest BCUT2D eigenvalue weighted by Crippen LogP contribution is 2.24. The molecule has 120 valence electrons. The number of carbonyl (C=O) groups excluding carboxylic acids is 1. The van der Waals surface area contributed by atoms with Crippen molar-refractivity contribution >= 4 is 5.91 Å². The van der Waals surface area contributed by atoms with Crippen LogP contribution in [-0.4, -0.2) is 34.9 Å². The fourth-order valence-corrected chi connectivity index (χ4v) is 3.27. The molecule has 0 radical (unpaired) electrons. The van der Waals surface area contributed by atoms with Crippen LogP contribution in [0, 0.1) is 6.92 Å². The summed E-state index contributed by atoms with van der Waals surface area (Å²) in [4.78, 5) is 19.3. The molecule has 2 heterocycles. The average Bonchev–Trinajstić information content (AvgIpc) is 2.61. The van der Waals surface area contributed by atoms with Crippen LogP contribution >= 0.6 is 0 Å². The van der Waals surface area contributed by atoms with Crippen LogP contribution in [0.2, 0.25) is 0 Å². The number of rotatable bonds is 3. The third-order valence-electron chi connectivity index (χ3n) is 4.55. The van der Waals surface area contributed by atoms with Crippen molar-refractivity contribution < 1.29 is 4.79 Å². The molecule has 0 saturated carbocycles. The summed E-state index contributed by atoms with van der Waals surface area (Å²) in [5.41, 5.74) is 9.58. The Morgan fingerprint density at radius 1 is 1.30 bits per heavy atom. The van der Waals surface area contributed by atoms with Crippen molar-refractivity contribution in [1.82, 2.24) is 9.88 Å². The highest BCUT2D eigenvalue weighted by atomic mass is 16.2. The molecular formula is C19H23N3O. The second-order valence-corrected chi connectivity index (χ2v) is 6.13. The zero-order valence-electron chi connectivity index (χ0n) is 13.5. The number of aromatic nitrogens is 1. The molecular weight excluding hydrogens is 286 g/mol. The van der Waals surface area contributed by atoms with Gasteiger partial charge in [-0.25, -0.2) is 0 Å². The number of carbonyl (C=O) groups is 1. The van der Waals surface area contributed by atoms with Crippen LogP contribution in [0.1, 0.15) is 35.2 Å². The first-order valence-electron chi connectivity index (χ1n) is 8.24. The number of pyridine rings is 1. The molecule has 0 aliphatic carbocycles. The lowest BCUT2D eigenvalue weighted by molar-refractivity contribution is 0.0623. The van der Waals surface area contributed by atoms with Crippen LogP contribution < -0.4 is 5.73 Å². The summed E-state index contributed by atoms with van der Waals surface area (Å²) in [5.74, 6) is 0.0792. The van der Waals surface area contributed by atoms with Gasteiger partial charge in [0.15, 0.2) is 0 Å². The maximum atomic E-state index is 12.9. The zero-order chi connectivity index (χ0) is 16.2.